The van der Waals surface area contributed by atoms with Gasteiger partial charge in [-0.15, -0.1) is 0 Å². The van der Waals surface area contributed by atoms with Gasteiger partial charge in [0, 0.05) is 36.7 Å². The molecule has 7 heteroatoms. The van der Waals surface area contributed by atoms with Crippen molar-refractivity contribution in [2.45, 2.75) is 19.3 Å². The Morgan fingerprint density at radius 1 is 0.889 bits per heavy atom. The Balaban J connectivity index is 1.47. The van der Waals surface area contributed by atoms with Crippen LogP contribution in [-0.2, 0) is 6.42 Å². The molecule has 1 aromatic heterocycles. The number of hydrogen-bond acceptors (Lipinski definition) is 5. The van der Waals surface area contributed by atoms with Gasteiger partial charge < -0.3 is 14.4 Å². The van der Waals surface area contributed by atoms with E-state index >= 15 is 0 Å². The monoisotopic (exact) mass is 483 g/mol. The van der Waals surface area contributed by atoms with Crippen LogP contribution in [0, 0.1) is 5.92 Å². The largest absolute Gasteiger partial charge is 0.497 e. The minimum absolute atomic E-state index is 0.159. The summed E-state index contributed by atoms with van der Waals surface area (Å²) in [5.74, 6) is 1.44. The van der Waals surface area contributed by atoms with Crippen LogP contribution in [0.15, 0.2) is 77.6 Å². The first kappa shape index (κ1) is 23.6. The molecule has 184 valence electrons. The molecule has 7 nitrogen and oxygen atoms in total. The van der Waals surface area contributed by atoms with Gasteiger partial charge in [0.25, 0.3) is 11.5 Å². The first-order chi connectivity index (χ1) is 17.6. The second-order valence-corrected chi connectivity index (χ2v) is 9.11. The average Bonchev–Trinajstić information content (AvgIpc) is 2.93. The van der Waals surface area contributed by atoms with Crippen LogP contribution >= 0.6 is 0 Å². The molecule has 4 aromatic rings. The van der Waals surface area contributed by atoms with Crippen molar-refractivity contribution in [2.75, 3.05) is 27.3 Å². The van der Waals surface area contributed by atoms with E-state index in [0.717, 1.165) is 19.3 Å². The van der Waals surface area contributed by atoms with E-state index in [1.165, 1.54) is 10.2 Å². The molecule has 0 radical (unpaired) electrons. The van der Waals surface area contributed by atoms with Crippen molar-refractivity contribution in [3.8, 4) is 17.2 Å². The minimum Gasteiger partial charge on any atom is -0.497 e. The Hall–Kier alpha value is -4.13. The highest BCUT2D eigenvalue weighted by Gasteiger charge is 2.27. The van der Waals surface area contributed by atoms with Gasteiger partial charge in [0.15, 0.2) is 5.69 Å². The Kier molecular flexibility index (Phi) is 6.71. The molecule has 1 saturated heterocycles. The van der Waals surface area contributed by atoms with Crippen molar-refractivity contribution in [1.82, 2.24) is 14.7 Å². The highest BCUT2D eigenvalue weighted by atomic mass is 16.5. The van der Waals surface area contributed by atoms with E-state index in [1.54, 1.807) is 50.6 Å². The number of rotatable bonds is 6. The lowest BCUT2D eigenvalue weighted by molar-refractivity contribution is 0.0685. The molecule has 0 unspecified atom stereocenters. The lowest BCUT2D eigenvalue weighted by atomic mass is 9.90. The van der Waals surface area contributed by atoms with Crippen LogP contribution < -0.4 is 15.0 Å². The van der Waals surface area contributed by atoms with Crippen LogP contribution in [0.4, 0.5) is 0 Å². The van der Waals surface area contributed by atoms with Crippen LogP contribution in [0.3, 0.4) is 0 Å². The molecule has 36 heavy (non-hydrogen) atoms. The van der Waals surface area contributed by atoms with Crippen molar-refractivity contribution in [3.05, 3.63) is 94.4 Å². The SMILES string of the molecule is COc1cc(OC)cc(-n2nc(C(=O)N3CCC(Cc4ccccc4)CC3)c3ccccc3c2=O)c1. The smallest absolute Gasteiger partial charge is 0.279 e. The molecule has 0 aliphatic carbocycles. The molecular formula is C29H29N3O4. The molecule has 0 saturated carbocycles. The number of hydrogen-bond donors (Lipinski definition) is 0. The summed E-state index contributed by atoms with van der Waals surface area (Å²) in [4.78, 5) is 29.0. The number of amides is 1. The van der Waals surface area contributed by atoms with Crippen molar-refractivity contribution >= 4 is 16.7 Å². The first-order valence-electron chi connectivity index (χ1n) is 12.2. The standard InChI is InChI=1S/C29H29N3O4/c1-35-23-17-22(18-24(19-23)36-2)32-28(33)26-11-7-6-10-25(26)27(30-32)29(34)31-14-12-21(13-15-31)16-20-8-4-3-5-9-20/h3-11,17-19,21H,12-16H2,1-2H3. The summed E-state index contributed by atoms with van der Waals surface area (Å²) in [5, 5.41) is 5.59. The summed E-state index contributed by atoms with van der Waals surface area (Å²) in [6.45, 7) is 1.33. The number of likely N-dealkylation sites (tertiary alicyclic amines) is 1. The molecule has 2 heterocycles. The number of fused-ring (bicyclic) bond motifs is 1. The predicted molar refractivity (Wildman–Crippen MR) is 139 cm³/mol. The van der Waals surface area contributed by atoms with Gasteiger partial charge >= 0.3 is 0 Å². The zero-order chi connectivity index (χ0) is 25.1. The maximum absolute atomic E-state index is 13.7. The van der Waals surface area contributed by atoms with Crippen molar-refractivity contribution in [3.63, 3.8) is 0 Å². The fraction of sp³-hybridized carbons (Fsp3) is 0.276. The predicted octanol–water partition coefficient (Wildman–Crippen LogP) is 4.50. The maximum atomic E-state index is 13.7. The number of piperidine rings is 1. The number of ether oxygens (including phenoxy) is 2. The number of carbonyl (C=O) groups excluding carboxylic acids is 1. The second kappa shape index (κ2) is 10.2. The summed E-state index contributed by atoms with van der Waals surface area (Å²) >= 11 is 0. The molecule has 3 aromatic carbocycles. The van der Waals surface area contributed by atoms with Gasteiger partial charge in [-0.3, -0.25) is 9.59 Å². The summed E-state index contributed by atoms with van der Waals surface area (Å²) in [6, 6.07) is 22.7. The molecule has 5 rings (SSSR count). The topological polar surface area (TPSA) is 73.7 Å². The highest BCUT2D eigenvalue weighted by Crippen LogP contribution is 2.26. The second-order valence-electron chi connectivity index (χ2n) is 9.11. The van der Waals surface area contributed by atoms with E-state index in [-0.39, 0.29) is 17.2 Å². The molecule has 0 N–H and O–H groups in total. The van der Waals surface area contributed by atoms with Crippen LogP contribution in [0.1, 0.15) is 28.9 Å². The van der Waals surface area contributed by atoms with Crippen LogP contribution in [0.2, 0.25) is 0 Å². The lowest BCUT2D eigenvalue weighted by Crippen LogP contribution is -2.40. The third kappa shape index (κ3) is 4.69. The average molecular weight is 484 g/mol. The first-order valence-corrected chi connectivity index (χ1v) is 12.2. The zero-order valence-electron chi connectivity index (χ0n) is 20.5. The summed E-state index contributed by atoms with van der Waals surface area (Å²) in [5.41, 5.74) is 1.76. The lowest BCUT2D eigenvalue weighted by Gasteiger charge is -2.32. The van der Waals surface area contributed by atoms with E-state index in [0.29, 0.717) is 47.0 Å². The molecule has 1 fully saturated rings. The number of aromatic nitrogens is 2. The third-order valence-electron chi connectivity index (χ3n) is 6.86. The molecule has 1 amide bonds. The van der Waals surface area contributed by atoms with Crippen molar-refractivity contribution in [2.24, 2.45) is 5.92 Å². The molecule has 0 bridgehead atoms. The highest BCUT2D eigenvalue weighted by molar-refractivity contribution is 6.04. The van der Waals surface area contributed by atoms with Crippen molar-refractivity contribution < 1.29 is 14.3 Å². The Bertz CT molecular complexity index is 1420. The van der Waals surface area contributed by atoms with Gasteiger partial charge in [-0.05, 0) is 36.8 Å². The summed E-state index contributed by atoms with van der Waals surface area (Å²) in [6.07, 6.45) is 2.89. The molecule has 1 aliphatic rings. The van der Waals surface area contributed by atoms with Gasteiger partial charge in [0.2, 0.25) is 0 Å². The zero-order valence-corrected chi connectivity index (χ0v) is 20.5. The van der Waals surface area contributed by atoms with Crippen LogP contribution in [0.25, 0.3) is 16.5 Å². The normalized spacial score (nSPS) is 14.1. The van der Waals surface area contributed by atoms with Gasteiger partial charge in [-0.25, -0.2) is 0 Å². The fourth-order valence-corrected chi connectivity index (χ4v) is 4.87. The quantitative estimate of drug-likeness (QED) is 0.404. The molecule has 1 aliphatic heterocycles. The Morgan fingerprint density at radius 3 is 2.14 bits per heavy atom. The number of carbonyl (C=O) groups is 1. The van der Waals surface area contributed by atoms with E-state index in [1.807, 2.05) is 17.0 Å². The number of benzene rings is 3. The van der Waals surface area contributed by atoms with Crippen LogP contribution in [0.5, 0.6) is 11.5 Å². The number of methoxy groups -OCH3 is 2. The van der Waals surface area contributed by atoms with Gasteiger partial charge in [0.05, 0.1) is 25.3 Å². The summed E-state index contributed by atoms with van der Waals surface area (Å²) < 4.78 is 12.0. The third-order valence-corrected chi connectivity index (χ3v) is 6.86. The van der Waals surface area contributed by atoms with Gasteiger partial charge in [0.1, 0.15) is 11.5 Å². The Labute approximate surface area is 209 Å². The summed E-state index contributed by atoms with van der Waals surface area (Å²) in [7, 11) is 3.09. The Morgan fingerprint density at radius 2 is 1.50 bits per heavy atom. The van der Waals surface area contributed by atoms with Gasteiger partial charge in [-0.2, -0.15) is 9.78 Å². The van der Waals surface area contributed by atoms with Gasteiger partial charge in [-0.1, -0.05) is 48.5 Å². The van der Waals surface area contributed by atoms with Crippen LogP contribution in [-0.4, -0.2) is 47.9 Å². The molecule has 0 atom stereocenters. The maximum Gasteiger partial charge on any atom is 0.279 e. The molecule has 0 spiro atoms. The van der Waals surface area contributed by atoms with E-state index in [4.69, 9.17) is 9.47 Å². The van der Waals surface area contributed by atoms with E-state index in [2.05, 4.69) is 29.4 Å². The number of nitrogens with zero attached hydrogens (tertiary/aromatic N) is 3. The van der Waals surface area contributed by atoms with E-state index in [9.17, 15) is 9.59 Å². The van der Waals surface area contributed by atoms with Crippen molar-refractivity contribution in [1.29, 1.82) is 0 Å². The minimum atomic E-state index is -0.306. The fourth-order valence-electron chi connectivity index (χ4n) is 4.87. The molecular weight excluding hydrogens is 454 g/mol. The van der Waals surface area contributed by atoms with E-state index < -0.39 is 0 Å².